The van der Waals surface area contributed by atoms with Gasteiger partial charge >= 0.3 is 0 Å². The van der Waals surface area contributed by atoms with Gasteiger partial charge in [-0.15, -0.1) is 0 Å². The molecule has 1 aromatic heterocycles. The van der Waals surface area contributed by atoms with Crippen molar-refractivity contribution in [2.75, 3.05) is 12.4 Å². The van der Waals surface area contributed by atoms with Crippen molar-refractivity contribution in [1.29, 1.82) is 0 Å². The third-order valence-electron chi connectivity index (χ3n) is 2.81. The number of nitrogens with zero attached hydrogens (tertiary/aromatic N) is 1. The number of sulfonamides is 1. The number of hydrogen-bond donors (Lipinski definition) is 3. The van der Waals surface area contributed by atoms with Crippen LogP contribution in [-0.4, -0.2) is 25.4 Å². The van der Waals surface area contributed by atoms with E-state index in [9.17, 15) is 8.42 Å². The van der Waals surface area contributed by atoms with Crippen molar-refractivity contribution < 1.29 is 8.42 Å². The van der Waals surface area contributed by atoms with E-state index in [1.165, 1.54) is 7.05 Å². The predicted octanol–water partition coefficient (Wildman–Crippen LogP) is 1.24. The van der Waals surface area contributed by atoms with Crippen molar-refractivity contribution in [2.45, 2.75) is 18.4 Å². The maximum atomic E-state index is 11.7. The van der Waals surface area contributed by atoms with Gasteiger partial charge in [-0.25, -0.2) is 18.1 Å². The van der Waals surface area contributed by atoms with E-state index < -0.39 is 10.0 Å². The summed E-state index contributed by atoms with van der Waals surface area (Å²) in [4.78, 5) is 7.15. The van der Waals surface area contributed by atoms with Crippen molar-refractivity contribution in [1.82, 2.24) is 14.7 Å². The Labute approximate surface area is 112 Å². The number of H-pyrrole nitrogens is 1. The number of aromatic amines is 1. The number of aromatic nitrogens is 2. The van der Waals surface area contributed by atoms with Crippen LogP contribution in [0.4, 0.5) is 5.69 Å². The summed E-state index contributed by atoms with van der Waals surface area (Å²) in [5, 5.41) is 3.19. The van der Waals surface area contributed by atoms with Gasteiger partial charge in [0, 0.05) is 11.9 Å². The lowest BCUT2D eigenvalue weighted by Crippen LogP contribution is -2.18. The Hall–Kier alpha value is -1.86. The van der Waals surface area contributed by atoms with E-state index in [4.69, 9.17) is 0 Å². The number of nitrogens with one attached hydrogen (secondary N) is 3. The zero-order valence-corrected chi connectivity index (χ0v) is 11.6. The molecule has 0 fully saturated rings. The standard InChI is InChI=1S/C12H16N4O2S/c1-9-3-4-11(19(17,18)13-2)5-12(9)15-7-10-6-14-8-16-10/h3-6,8,13,15H,7H2,1-2H3,(H,14,16). The maximum absolute atomic E-state index is 11.7. The number of aryl methyl sites for hydroxylation is 1. The van der Waals surface area contributed by atoms with Gasteiger partial charge in [0.1, 0.15) is 0 Å². The SMILES string of the molecule is CNS(=O)(=O)c1ccc(C)c(NCc2cnc[nH]2)c1. The zero-order valence-electron chi connectivity index (χ0n) is 10.8. The number of rotatable bonds is 5. The monoisotopic (exact) mass is 280 g/mol. The van der Waals surface area contributed by atoms with E-state index in [1.54, 1.807) is 30.7 Å². The summed E-state index contributed by atoms with van der Waals surface area (Å²) in [6, 6.07) is 4.99. The van der Waals surface area contributed by atoms with Gasteiger partial charge in [-0.1, -0.05) is 6.07 Å². The maximum Gasteiger partial charge on any atom is 0.240 e. The first-order chi connectivity index (χ1) is 9.03. The molecule has 19 heavy (non-hydrogen) atoms. The Kier molecular flexibility index (Phi) is 3.87. The first-order valence-corrected chi connectivity index (χ1v) is 7.26. The summed E-state index contributed by atoms with van der Waals surface area (Å²) >= 11 is 0. The van der Waals surface area contributed by atoms with Gasteiger partial charge in [0.25, 0.3) is 0 Å². The molecule has 0 aliphatic carbocycles. The Morgan fingerprint density at radius 3 is 2.79 bits per heavy atom. The third-order valence-corrected chi connectivity index (χ3v) is 4.22. The number of imidazole rings is 1. The zero-order chi connectivity index (χ0) is 13.9. The molecule has 0 atom stereocenters. The molecule has 1 aromatic carbocycles. The highest BCUT2D eigenvalue weighted by atomic mass is 32.2. The molecule has 0 saturated heterocycles. The topological polar surface area (TPSA) is 86.9 Å². The van der Waals surface area contributed by atoms with Gasteiger partial charge in [0.05, 0.1) is 23.5 Å². The second-order valence-corrected chi connectivity index (χ2v) is 6.00. The van der Waals surface area contributed by atoms with Gasteiger partial charge in [-0.3, -0.25) is 0 Å². The van der Waals surface area contributed by atoms with Crippen LogP contribution in [0.2, 0.25) is 0 Å². The van der Waals surface area contributed by atoms with E-state index in [2.05, 4.69) is 20.0 Å². The second kappa shape index (κ2) is 5.41. The smallest absolute Gasteiger partial charge is 0.240 e. The van der Waals surface area contributed by atoms with Crippen molar-refractivity contribution in [3.05, 3.63) is 42.0 Å². The van der Waals surface area contributed by atoms with Crippen molar-refractivity contribution >= 4 is 15.7 Å². The van der Waals surface area contributed by atoms with Gasteiger partial charge < -0.3 is 10.3 Å². The highest BCUT2D eigenvalue weighted by molar-refractivity contribution is 7.89. The summed E-state index contributed by atoms with van der Waals surface area (Å²) < 4.78 is 25.8. The minimum atomic E-state index is -3.42. The first kappa shape index (κ1) is 13.6. The summed E-state index contributed by atoms with van der Waals surface area (Å²) in [7, 11) is -2.02. The lowest BCUT2D eigenvalue weighted by molar-refractivity contribution is 0.588. The predicted molar refractivity (Wildman–Crippen MR) is 73.3 cm³/mol. The van der Waals surface area contributed by atoms with Crippen molar-refractivity contribution in [3.8, 4) is 0 Å². The van der Waals surface area contributed by atoms with Crippen LogP contribution in [0, 0.1) is 6.92 Å². The van der Waals surface area contributed by atoms with Gasteiger partial charge in [-0.2, -0.15) is 0 Å². The van der Waals surface area contributed by atoms with E-state index >= 15 is 0 Å². The molecule has 3 N–H and O–H groups in total. The Balaban J connectivity index is 2.22. The van der Waals surface area contributed by atoms with Gasteiger partial charge in [0.15, 0.2) is 0 Å². The molecule has 0 amide bonds. The molecule has 102 valence electrons. The number of benzene rings is 1. The van der Waals surface area contributed by atoms with Crippen LogP contribution in [0.1, 0.15) is 11.3 Å². The molecule has 0 aliphatic rings. The molecule has 0 spiro atoms. The Morgan fingerprint density at radius 1 is 1.37 bits per heavy atom. The van der Waals surface area contributed by atoms with Gasteiger partial charge in [0.2, 0.25) is 10.0 Å². The minimum Gasteiger partial charge on any atom is -0.379 e. The summed E-state index contributed by atoms with van der Waals surface area (Å²) in [5.41, 5.74) is 2.70. The summed E-state index contributed by atoms with van der Waals surface area (Å²) in [6.45, 7) is 2.48. The minimum absolute atomic E-state index is 0.243. The molecule has 7 heteroatoms. The molecule has 1 heterocycles. The molecule has 0 unspecified atom stereocenters. The van der Waals surface area contributed by atoms with Gasteiger partial charge in [-0.05, 0) is 31.7 Å². The molecule has 0 bridgehead atoms. The average Bonchev–Trinajstić information content (AvgIpc) is 2.90. The van der Waals surface area contributed by atoms with Crippen LogP contribution in [0.3, 0.4) is 0 Å². The molecule has 2 rings (SSSR count). The van der Waals surface area contributed by atoms with Crippen LogP contribution in [0.25, 0.3) is 0 Å². The highest BCUT2D eigenvalue weighted by Gasteiger charge is 2.12. The molecule has 6 nitrogen and oxygen atoms in total. The molecule has 2 aromatic rings. The molecule has 0 saturated carbocycles. The quantitative estimate of drug-likeness (QED) is 0.769. The lowest BCUT2D eigenvalue weighted by Gasteiger charge is -2.11. The van der Waals surface area contributed by atoms with Crippen LogP contribution in [-0.2, 0) is 16.6 Å². The summed E-state index contributed by atoms with van der Waals surface area (Å²) in [6.07, 6.45) is 3.32. The fraction of sp³-hybridized carbons (Fsp3) is 0.250. The average molecular weight is 280 g/mol. The lowest BCUT2D eigenvalue weighted by atomic mass is 10.2. The van der Waals surface area contributed by atoms with E-state index in [0.717, 1.165) is 16.9 Å². The van der Waals surface area contributed by atoms with E-state index in [0.29, 0.717) is 6.54 Å². The fourth-order valence-electron chi connectivity index (χ4n) is 1.65. The van der Waals surface area contributed by atoms with Crippen molar-refractivity contribution in [2.24, 2.45) is 0 Å². The third kappa shape index (κ3) is 3.12. The van der Waals surface area contributed by atoms with Crippen LogP contribution in [0.5, 0.6) is 0 Å². The largest absolute Gasteiger partial charge is 0.379 e. The first-order valence-electron chi connectivity index (χ1n) is 5.78. The molecule has 0 radical (unpaired) electrons. The Bertz CT molecular complexity index is 650. The van der Waals surface area contributed by atoms with E-state index in [-0.39, 0.29) is 4.90 Å². The molecular weight excluding hydrogens is 264 g/mol. The Morgan fingerprint density at radius 2 is 2.16 bits per heavy atom. The van der Waals surface area contributed by atoms with Crippen molar-refractivity contribution in [3.63, 3.8) is 0 Å². The normalized spacial score (nSPS) is 11.5. The van der Waals surface area contributed by atoms with Crippen LogP contribution < -0.4 is 10.0 Å². The summed E-state index contributed by atoms with van der Waals surface area (Å²) in [5.74, 6) is 0. The fourth-order valence-corrected chi connectivity index (χ4v) is 2.40. The molecule has 0 aliphatic heterocycles. The second-order valence-electron chi connectivity index (χ2n) is 4.11. The number of anilines is 1. The highest BCUT2D eigenvalue weighted by Crippen LogP contribution is 2.20. The number of hydrogen-bond acceptors (Lipinski definition) is 4. The van der Waals surface area contributed by atoms with Crippen LogP contribution in [0.15, 0.2) is 35.6 Å². The van der Waals surface area contributed by atoms with Crippen LogP contribution >= 0.6 is 0 Å². The molecular formula is C12H16N4O2S. The van der Waals surface area contributed by atoms with E-state index in [1.807, 2.05) is 6.92 Å².